The molecule has 0 fully saturated rings. The summed E-state index contributed by atoms with van der Waals surface area (Å²) >= 11 is 0. The molecule has 1 heteroatoms. The quantitative estimate of drug-likeness (QED) is 0.226. The van der Waals surface area contributed by atoms with Gasteiger partial charge in [0.2, 0.25) is 0 Å². The van der Waals surface area contributed by atoms with Crippen molar-refractivity contribution in [3.8, 4) is 0 Å². The lowest BCUT2D eigenvalue weighted by molar-refractivity contribution is 1.20. The number of para-hydroxylation sites is 1. The molecule has 0 amide bonds. The van der Waals surface area contributed by atoms with Gasteiger partial charge in [-0.25, -0.2) is 0 Å². The van der Waals surface area contributed by atoms with Crippen LogP contribution >= 0.6 is 0 Å². The van der Waals surface area contributed by atoms with E-state index in [-0.39, 0.29) is 0 Å². The third-order valence-electron chi connectivity index (χ3n) is 6.51. The largest absolute Gasteiger partial charge is 0.310 e. The lowest BCUT2D eigenvalue weighted by Crippen LogP contribution is -2.13. The van der Waals surface area contributed by atoms with Crippen LogP contribution in [0.5, 0.6) is 0 Å². The van der Waals surface area contributed by atoms with Gasteiger partial charge in [0.05, 0.1) is 5.69 Å². The van der Waals surface area contributed by atoms with Crippen molar-refractivity contribution < 1.29 is 0 Å². The number of anilines is 3. The molecule has 1 nitrogen and oxygen atoms in total. The van der Waals surface area contributed by atoms with E-state index in [1.54, 1.807) is 0 Å². The predicted molar refractivity (Wildman–Crippen MR) is 155 cm³/mol. The topological polar surface area (TPSA) is 3.24 Å². The Morgan fingerprint density at radius 2 is 0.972 bits per heavy atom. The van der Waals surface area contributed by atoms with E-state index < -0.39 is 0 Å². The maximum absolute atomic E-state index is 2.37. The van der Waals surface area contributed by atoms with Crippen LogP contribution in [0.2, 0.25) is 0 Å². The van der Waals surface area contributed by atoms with Crippen LogP contribution in [0.4, 0.5) is 17.1 Å². The SMILES string of the molecule is Cc1cc(C)c(N(c2ccccc2)c2ccc(C=C(c3ccccc3)c3ccccc3)cc2)c(C)c1. The summed E-state index contributed by atoms with van der Waals surface area (Å²) in [4.78, 5) is 2.37. The number of hydrogen-bond acceptors (Lipinski definition) is 1. The Morgan fingerprint density at radius 1 is 0.528 bits per heavy atom. The molecule has 36 heavy (non-hydrogen) atoms. The van der Waals surface area contributed by atoms with Gasteiger partial charge in [-0.05, 0) is 84.5 Å². The van der Waals surface area contributed by atoms with E-state index in [0.29, 0.717) is 0 Å². The van der Waals surface area contributed by atoms with Crippen molar-refractivity contribution in [2.75, 3.05) is 4.90 Å². The molecule has 0 aliphatic heterocycles. The highest BCUT2D eigenvalue weighted by Crippen LogP contribution is 2.39. The zero-order chi connectivity index (χ0) is 24.9. The molecular weight excluding hydrogens is 434 g/mol. The van der Waals surface area contributed by atoms with Gasteiger partial charge >= 0.3 is 0 Å². The number of benzene rings is 5. The smallest absolute Gasteiger partial charge is 0.0520 e. The molecule has 5 rings (SSSR count). The minimum atomic E-state index is 1.15. The minimum absolute atomic E-state index is 1.15. The molecule has 0 aliphatic carbocycles. The van der Waals surface area contributed by atoms with Gasteiger partial charge < -0.3 is 4.90 Å². The van der Waals surface area contributed by atoms with Crippen molar-refractivity contribution in [1.29, 1.82) is 0 Å². The molecule has 5 aromatic carbocycles. The van der Waals surface area contributed by atoms with Crippen LogP contribution in [-0.4, -0.2) is 0 Å². The van der Waals surface area contributed by atoms with Crippen LogP contribution < -0.4 is 4.90 Å². The molecule has 0 bridgehead atoms. The summed E-state index contributed by atoms with van der Waals surface area (Å²) in [5.41, 5.74) is 12.2. The van der Waals surface area contributed by atoms with Gasteiger partial charge in [-0.1, -0.05) is 109 Å². The summed E-state index contributed by atoms with van der Waals surface area (Å²) in [6, 6.07) is 45.3. The molecule has 0 unspecified atom stereocenters. The number of aryl methyl sites for hydroxylation is 3. The normalized spacial score (nSPS) is 10.6. The average Bonchev–Trinajstić information content (AvgIpc) is 2.91. The van der Waals surface area contributed by atoms with Gasteiger partial charge in [0, 0.05) is 11.4 Å². The van der Waals surface area contributed by atoms with E-state index in [9.17, 15) is 0 Å². The second-order valence-corrected chi connectivity index (χ2v) is 9.30. The maximum atomic E-state index is 2.37. The first-order chi connectivity index (χ1) is 17.6. The molecule has 0 spiro atoms. The lowest BCUT2D eigenvalue weighted by atomic mass is 9.95. The Bertz CT molecular complexity index is 1400. The highest BCUT2D eigenvalue weighted by atomic mass is 15.1. The van der Waals surface area contributed by atoms with Crippen molar-refractivity contribution in [3.63, 3.8) is 0 Å². The summed E-state index contributed by atoms with van der Waals surface area (Å²) in [5.74, 6) is 0. The van der Waals surface area contributed by atoms with Crippen molar-refractivity contribution in [1.82, 2.24) is 0 Å². The van der Waals surface area contributed by atoms with E-state index in [0.717, 1.165) is 11.4 Å². The van der Waals surface area contributed by atoms with Gasteiger partial charge in [0.25, 0.3) is 0 Å². The van der Waals surface area contributed by atoms with Crippen LogP contribution in [0, 0.1) is 20.8 Å². The van der Waals surface area contributed by atoms with Crippen LogP contribution in [0.3, 0.4) is 0 Å². The average molecular weight is 466 g/mol. The van der Waals surface area contributed by atoms with E-state index in [4.69, 9.17) is 0 Å². The van der Waals surface area contributed by atoms with E-state index in [2.05, 4.69) is 159 Å². The van der Waals surface area contributed by atoms with Gasteiger partial charge in [0.1, 0.15) is 0 Å². The summed E-state index contributed by atoms with van der Waals surface area (Å²) < 4.78 is 0. The molecule has 0 radical (unpaired) electrons. The van der Waals surface area contributed by atoms with Crippen LogP contribution in [0.25, 0.3) is 11.6 Å². The molecule has 0 saturated carbocycles. The van der Waals surface area contributed by atoms with Gasteiger partial charge in [-0.15, -0.1) is 0 Å². The fourth-order valence-electron chi connectivity index (χ4n) is 4.96. The van der Waals surface area contributed by atoms with Crippen LogP contribution in [0.15, 0.2) is 127 Å². The predicted octanol–water partition coefficient (Wildman–Crippen LogP) is 9.67. The Labute approximate surface area is 215 Å². The molecule has 0 aliphatic rings. The first-order valence-corrected chi connectivity index (χ1v) is 12.5. The maximum Gasteiger partial charge on any atom is 0.0520 e. The first-order valence-electron chi connectivity index (χ1n) is 12.5. The fraction of sp³-hybridized carbons (Fsp3) is 0.0857. The van der Waals surface area contributed by atoms with Crippen molar-refractivity contribution in [2.24, 2.45) is 0 Å². The molecule has 0 aromatic heterocycles. The van der Waals surface area contributed by atoms with E-state index >= 15 is 0 Å². The number of hydrogen-bond donors (Lipinski definition) is 0. The molecule has 0 saturated heterocycles. The Morgan fingerprint density at radius 3 is 1.47 bits per heavy atom. The molecule has 0 heterocycles. The molecule has 0 atom stereocenters. The third kappa shape index (κ3) is 5.01. The lowest BCUT2D eigenvalue weighted by Gasteiger charge is -2.29. The molecule has 176 valence electrons. The standard InChI is InChI=1S/C35H31N/c1-26-23-27(2)35(28(3)24-26)36(32-17-11-6-12-18-32)33-21-19-29(20-22-33)25-34(30-13-7-4-8-14-30)31-15-9-5-10-16-31/h4-25H,1-3H3. The van der Waals surface area contributed by atoms with E-state index in [1.807, 2.05) is 0 Å². The highest BCUT2D eigenvalue weighted by Gasteiger charge is 2.17. The summed E-state index contributed by atoms with van der Waals surface area (Å²) in [6.45, 7) is 6.57. The van der Waals surface area contributed by atoms with Crippen molar-refractivity contribution in [2.45, 2.75) is 20.8 Å². The van der Waals surface area contributed by atoms with Crippen LogP contribution in [-0.2, 0) is 0 Å². The zero-order valence-corrected chi connectivity index (χ0v) is 21.1. The highest BCUT2D eigenvalue weighted by molar-refractivity contribution is 5.91. The van der Waals surface area contributed by atoms with E-state index in [1.165, 1.54) is 44.6 Å². The summed E-state index contributed by atoms with van der Waals surface area (Å²) in [5, 5.41) is 0. The fourth-order valence-corrected chi connectivity index (χ4v) is 4.96. The summed E-state index contributed by atoms with van der Waals surface area (Å²) in [6.07, 6.45) is 2.28. The van der Waals surface area contributed by atoms with Gasteiger partial charge in [0.15, 0.2) is 0 Å². The molecule has 0 N–H and O–H groups in total. The van der Waals surface area contributed by atoms with Crippen LogP contribution in [0.1, 0.15) is 33.4 Å². The second-order valence-electron chi connectivity index (χ2n) is 9.30. The molecule has 5 aromatic rings. The summed E-state index contributed by atoms with van der Waals surface area (Å²) in [7, 11) is 0. The van der Waals surface area contributed by atoms with Crippen molar-refractivity contribution in [3.05, 3.63) is 161 Å². The van der Waals surface area contributed by atoms with Gasteiger partial charge in [-0.2, -0.15) is 0 Å². The third-order valence-corrected chi connectivity index (χ3v) is 6.51. The number of rotatable bonds is 6. The van der Waals surface area contributed by atoms with Crippen molar-refractivity contribution >= 4 is 28.7 Å². The zero-order valence-electron chi connectivity index (χ0n) is 21.1. The Hall–Kier alpha value is -4.36. The second kappa shape index (κ2) is 10.5. The Kier molecular flexibility index (Phi) is 6.82. The number of nitrogens with zero attached hydrogens (tertiary/aromatic N) is 1. The monoisotopic (exact) mass is 465 g/mol. The van der Waals surface area contributed by atoms with Gasteiger partial charge in [-0.3, -0.25) is 0 Å². The Balaban J connectivity index is 1.59. The molecular formula is C35H31N. The minimum Gasteiger partial charge on any atom is -0.310 e. The first kappa shape index (κ1) is 23.4.